The average Bonchev–Trinajstić information content (AvgIpc) is 2.27. The summed E-state index contributed by atoms with van der Waals surface area (Å²) in [6, 6.07) is 5.72. The Labute approximate surface area is 83.6 Å². The predicted octanol–water partition coefficient (Wildman–Crippen LogP) is 0.284. The van der Waals surface area contributed by atoms with E-state index in [9.17, 15) is 14.0 Å². The zero-order chi connectivity index (χ0) is 11.1. The number of pyridine rings is 1. The van der Waals surface area contributed by atoms with Gasteiger partial charge in [0.25, 0.3) is 5.56 Å². The van der Waals surface area contributed by atoms with Crippen LogP contribution in [0, 0.1) is 5.82 Å². The zero-order valence-electron chi connectivity index (χ0n) is 7.61. The van der Waals surface area contributed by atoms with Crippen molar-refractivity contribution in [2.45, 2.75) is 0 Å². The second-order valence-corrected chi connectivity index (χ2v) is 2.44. The SMILES string of the molecule is O=c1[nH]cc(F)c(=O)[nH]1.c1ccncc1. The van der Waals surface area contributed by atoms with E-state index in [2.05, 4.69) is 4.98 Å². The van der Waals surface area contributed by atoms with Crippen LogP contribution in [0.25, 0.3) is 0 Å². The average molecular weight is 209 g/mol. The number of nitrogens with one attached hydrogen (secondary N) is 2. The maximum atomic E-state index is 12.0. The van der Waals surface area contributed by atoms with Gasteiger partial charge in [-0.1, -0.05) is 6.07 Å². The second kappa shape index (κ2) is 5.48. The highest BCUT2D eigenvalue weighted by molar-refractivity contribution is 4.88. The van der Waals surface area contributed by atoms with Gasteiger partial charge in [-0.2, -0.15) is 4.39 Å². The molecular formula is C9H8FN3O2. The normalized spacial score (nSPS) is 8.87. The van der Waals surface area contributed by atoms with Gasteiger partial charge in [-0.3, -0.25) is 14.8 Å². The Balaban J connectivity index is 0.000000162. The molecule has 5 nitrogen and oxygen atoms in total. The van der Waals surface area contributed by atoms with Crippen LogP contribution in [0.4, 0.5) is 4.39 Å². The maximum absolute atomic E-state index is 12.0. The van der Waals surface area contributed by atoms with Crippen LogP contribution in [0.2, 0.25) is 0 Å². The van der Waals surface area contributed by atoms with E-state index in [1.807, 2.05) is 23.2 Å². The van der Waals surface area contributed by atoms with Crippen LogP contribution in [0.3, 0.4) is 0 Å². The summed E-state index contributed by atoms with van der Waals surface area (Å²) in [5.41, 5.74) is -1.71. The molecule has 0 amide bonds. The number of rotatable bonds is 0. The van der Waals surface area contributed by atoms with Crippen molar-refractivity contribution >= 4 is 0 Å². The molecule has 0 saturated heterocycles. The van der Waals surface area contributed by atoms with Gasteiger partial charge in [-0.15, -0.1) is 0 Å². The lowest BCUT2D eigenvalue weighted by Gasteiger charge is -1.81. The lowest BCUT2D eigenvalue weighted by Crippen LogP contribution is -2.23. The van der Waals surface area contributed by atoms with Crippen molar-refractivity contribution in [3.8, 4) is 0 Å². The Morgan fingerprint density at radius 3 is 2.13 bits per heavy atom. The standard InChI is InChI=1S/C5H5N.C4H3FN2O2/c1-2-4-6-5-3-1;5-2-1-6-4(9)7-3(2)8/h1-5H;1H,(H2,6,7,8,9). The summed E-state index contributed by atoms with van der Waals surface area (Å²) < 4.78 is 12.0. The third-order valence-corrected chi connectivity index (χ3v) is 1.34. The fourth-order valence-corrected chi connectivity index (χ4v) is 0.706. The van der Waals surface area contributed by atoms with Gasteiger partial charge < -0.3 is 4.98 Å². The Kier molecular flexibility index (Phi) is 3.96. The highest BCUT2D eigenvalue weighted by Gasteiger charge is 1.93. The molecule has 2 aromatic heterocycles. The Morgan fingerprint density at radius 1 is 1.13 bits per heavy atom. The van der Waals surface area contributed by atoms with E-state index < -0.39 is 17.1 Å². The molecule has 2 N–H and O–H groups in total. The number of H-pyrrole nitrogens is 2. The molecule has 0 fully saturated rings. The molecule has 0 atom stereocenters. The number of hydrogen-bond donors (Lipinski definition) is 2. The molecule has 15 heavy (non-hydrogen) atoms. The number of aromatic nitrogens is 3. The van der Waals surface area contributed by atoms with E-state index in [1.165, 1.54) is 0 Å². The molecule has 0 aromatic carbocycles. The minimum atomic E-state index is -1.00. The molecule has 2 heterocycles. The molecule has 0 saturated carbocycles. The largest absolute Gasteiger partial charge is 0.325 e. The Morgan fingerprint density at radius 2 is 1.80 bits per heavy atom. The van der Waals surface area contributed by atoms with Gasteiger partial charge in [-0.05, 0) is 12.1 Å². The lowest BCUT2D eigenvalue weighted by molar-refractivity contribution is 0.597. The van der Waals surface area contributed by atoms with Gasteiger partial charge in [0, 0.05) is 18.6 Å². The third-order valence-electron chi connectivity index (χ3n) is 1.34. The predicted molar refractivity (Wildman–Crippen MR) is 51.9 cm³/mol. The maximum Gasteiger partial charge on any atom is 0.325 e. The molecule has 78 valence electrons. The van der Waals surface area contributed by atoms with E-state index in [1.54, 1.807) is 17.4 Å². The van der Waals surface area contributed by atoms with Crippen molar-refractivity contribution in [3.05, 3.63) is 63.4 Å². The van der Waals surface area contributed by atoms with E-state index in [0.29, 0.717) is 6.20 Å². The van der Waals surface area contributed by atoms with Gasteiger partial charge in [0.1, 0.15) is 0 Å². The molecule has 2 rings (SSSR count). The van der Waals surface area contributed by atoms with Crippen LogP contribution in [0.1, 0.15) is 0 Å². The second-order valence-electron chi connectivity index (χ2n) is 2.44. The van der Waals surface area contributed by atoms with Crippen LogP contribution < -0.4 is 11.2 Å². The highest BCUT2D eigenvalue weighted by Crippen LogP contribution is 1.74. The first-order valence-electron chi connectivity index (χ1n) is 4.02. The molecule has 0 radical (unpaired) electrons. The van der Waals surface area contributed by atoms with Gasteiger partial charge >= 0.3 is 5.69 Å². The van der Waals surface area contributed by atoms with Crippen LogP contribution in [0.15, 0.2) is 46.4 Å². The molecule has 0 unspecified atom stereocenters. The summed E-state index contributed by atoms with van der Waals surface area (Å²) in [5.74, 6) is -0.991. The van der Waals surface area contributed by atoms with Gasteiger partial charge in [0.15, 0.2) is 0 Å². The minimum Gasteiger partial charge on any atom is -0.311 e. The Hall–Kier alpha value is -2.24. The van der Waals surface area contributed by atoms with Crippen LogP contribution in [-0.2, 0) is 0 Å². The van der Waals surface area contributed by atoms with Crippen molar-refractivity contribution in [2.75, 3.05) is 0 Å². The summed E-state index contributed by atoms with van der Waals surface area (Å²) in [5, 5.41) is 0. The van der Waals surface area contributed by atoms with Crippen LogP contribution in [0.5, 0.6) is 0 Å². The van der Waals surface area contributed by atoms with Crippen molar-refractivity contribution < 1.29 is 4.39 Å². The summed E-state index contributed by atoms with van der Waals surface area (Å²) in [6.45, 7) is 0. The van der Waals surface area contributed by atoms with Gasteiger partial charge in [0.05, 0.1) is 0 Å². The first-order chi connectivity index (χ1) is 7.20. The fraction of sp³-hybridized carbons (Fsp3) is 0. The molecule has 2 aromatic rings. The first-order valence-corrected chi connectivity index (χ1v) is 4.02. The van der Waals surface area contributed by atoms with E-state index in [-0.39, 0.29) is 0 Å². The van der Waals surface area contributed by atoms with E-state index >= 15 is 0 Å². The monoisotopic (exact) mass is 209 g/mol. The Bertz CT molecular complexity index is 480. The molecular weight excluding hydrogens is 201 g/mol. The van der Waals surface area contributed by atoms with Crippen molar-refractivity contribution in [3.63, 3.8) is 0 Å². The zero-order valence-corrected chi connectivity index (χ0v) is 7.61. The van der Waals surface area contributed by atoms with Crippen molar-refractivity contribution in [1.82, 2.24) is 15.0 Å². The van der Waals surface area contributed by atoms with Crippen LogP contribution >= 0.6 is 0 Å². The number of aromatic amines is 2. The number of halogens is 1. The molecule has 0 bridgehead atoms. The van der Waals surface area contributed by atoms with Gasteiger partial charge in [0.2, 0.25) is 5.82 Å². The van der Waals surface area contributed by atoms with Crippen LogP contribution in [-0.4, -0.2) is 15.0 Å². The topological polar surface area (TPSA) is 78.6 Å². The third kappa shape index (κ3) is 3.99. The number of hydrogen-bond acceptors (Lipinski definition) is 3. The van der Waals surface area contributed by atoms with E-state index in [0.717, 1.165) is 0 Å². The lowest BCUT2D eigenvalue weighted by atomic mass is 10.5. The summed E-state index contributed by atoms with van der Waals surface area (Å²) >= 11 is 0. The molecule has 0 aliphatic rings. The highest BCUT2D eigenvalue weighted by atomic mass is 19.1. The molecule has 6 heteroatoms. The van der Waals surface area contributed by atoms with Gasteiger partial charge in [-0.25, -0.2) is 4.79 Å². The fourth-order valence-electron chi connectivity index (χ4n) is 0.706. The molecule has 0 aliphatic heterocycles. The number of nitrogens with zero attached hydrogens (tertiary/aromatic N) is 1. The summed E-state index contributed by atoms with van der Waals surface area (Å²) in [7, 11) is 0. The summed E-state index contributed by atoms with van der Waals surface area (Å²) in [4.78, 5) is 27.8. The van der Waals surface area contributed by atoms with Crippen molar-refractivity contribution in [2.24, 2.45) is 0 Å². The smallest absolute Gasteiger partial charge is 0.311 e. The first kappa shape index (κ1) is 10.8. The molecule has 0 aliphatic carbocycles. The summed E-state index contributed by atoms with van der Waals surface area (Å²) in [6.07, 6.45) is 4.21. The quantitative estimate of drug-likeness (QED) is 0.654. The van der Waals surface area contributed by atoms with E-state index in [4.69, 9.17) is 0 Å². The minimum absolute atomic E-state index is 0.707. The van der Waals surface area contributed by atoms with Crippen molar-refractivity contribution in [1.29, 1.82) is 0 Å². The molecule has 0 spiro atoms.